The van der Waals surface area contributed by atoms with Gasteiger partial charge in [-0.25, -0.2) is 4.79 Å². The van der Waals surface area contributed by atoms with Crippen molar-refractivity contribution >= 4 is 17.7 Å². The molecule has 0 radical (unpaired) electrons. The number of carbonyl (C=O) groups excluding carboxylic acids is 3. The number of benzene rings is 2. The Labute approximate surface area is 158 Å². The van der Waals surface area contributed by atoms with Gasteiger partial charge >= 0.3 is 5.97 Å². The van der Waals surface area contributed by atoms with Crippen LogP contribution in [0.3, 0.4) is 0 Å². The fourth-order valence-electron chi connectivity index (χ4n) is 2.37. The summed E-state index contributed by atoms with van der Waals surface area (Å²) >= 11 is 0. The predicted octanol–water partition coefficient (Wildman–Crippen LogP) is 3.03. The minimum Gasteiger partial charge on any atom is -0.482 e. The van der Waals surface area contributed by atoms with Crippen LogP contribution < -0.4 is 4.74 Å². The van der Waals surface area contributed by atoms with Crippen LogP contribution in [-0.4, -0.2) is 43.3 Å². The quantitative estimate of drug-likeness (QED) is 0.528. The van der Waals surface area contributed by atoms with E-state index in [0.29, 0.717) is 23.3 Å². The molecule has 0 saturated heterocycles. The van der Waals surface area contributed by atoms with E-state index in [-0.39, 0.29) is 18.3 Å². The molecule has 1 amide bonds. The van der Waals surface area contributed by atoms with E-state index in [9.17, 15) is 14.4 Å². The number of hydrogen-bond acceptors (Lipinski definition) is 5. The average Bonchev–Trinajstić information content (AvgIpc) is 2.70. The number of nitrogens with zero attached hydrogens (tertiary/aromatic N) is 1. The van der Waals surface area contributed by atoms with Crippen molar-refractivity contribution < 1.29 is 23.9 Å². The SMILES string of the molecule is CCC(=O)c1ccc(OCC(=O)O[C@@H](C(=O)N(C)C)c2ccccc2)cc1. The maximum atomic E-state index is 12.4. The van der Waals surface area contributed by atoms with E-state index in [1.165, 1.54) is 4.90 Å². The summed E-state index contributed by atoms with van der Waals surface area (Å²) in [6.45, 7) is 1.45. The molecule has 1 atom stereocenters. The molecule has 0 aliphatic rings. The largest absolute Gasteiger partial charge is 0.482 e. The molecule has 2 aromatic rings. The Morgan fingerprint density at radius 3 is 2.15 bits per heavy atom. The summed E-state index contributed by atoms with van der Waals surface area (Å²) in [5, 5.41) is 0. The first-order chi connectivity index (χ1) is 12.9. The van der Waals surface area contributed by atoms with Gasteiger partial charge in [0.2, 0.25) is 6.10 Å². The molecule has 0 N–H and O–H groups in total. The van der Waals surface area contributed by atoms with Crippen LogP contribution in [0.15, 0.2) is 54.6 Å². The van der Waals surface area contributed by atoms with Gasteiger partial charge in [-0.1, -0.05) is 37.3 Å². The van der Waals surface area contributed by atoms with Crippen LogP contribution in [0, 0.1) is 0 Å². The summed E-state index contributed by atoms with van der Waals surface area (Å²) < 4.78 is 10.8. The Hall–Kier alpha value is -3.15. The van der Waals surface area contributed by atoms with Gasteiger partial charge in [-0.3, -0.25) is 9.59 Å². The van der Waals surface area contributed by atoms with Gasteiger partial charge in [-0.05, 0) is 24.3 Å². The lowest BCUT2D eigenvalue weighted by molar-refractivity contribution is -0.161. The van der Waals surface area contributed by atoms with E-state index in [1.54, 1.807) is 69.6 Å². The lowest BCUT2D eigenvalue weighted by Crippen LogP contribution is -2.32. The minimum atomic E-state index is -1.03. The number of ketones is 1. The fourth-order valence-corrected chi connectivity index (χ4v) is 2.37. The molecule has 0 saturated carbocycles. The van der Waals surface area contributed by atoms with Crippen LogP contribution >= 0.6 is 0 Å². The molecule has 2 aromatic carbocycles. The van der Waals surface area contributed by atoms with Gasteiger partial charge in [-0.2, -0.15) is 0 Å². The number of hydrogen-bond donors (Lipinski definition) is 0. The summed E-state index contributed by atoms with van der Waals surface area (Å²) in [6.07, 6.45) is -0.602. The molecule has 0 aliphatic heterocycles. The number of esters is 1. The number of likely N-dealkylation sites (N-methyl/N-ethyl adjacent to an activating group) is 1. The first-order valence-electron chi connectivity index (χ1n) is 8.64. The molecule has 0 fully saturated rings. The van der Waals surface area contributed by atoms with Crippen molar-refractivity contribution in [1.82, 2.24) is 4.90 Å². The summed E-state index contributed by atoms with van der Waals surface area (Å²) in [6, 6.07) is 15.4. The zero-order valence-electron chi connectivity index (χ0n) is 15.7. The van der Waals surface area contributed by atoms with Crippen molar-refractivity contribution in [2.24, 2.45) is 0 Å². The fraction of sp³-hybridized carbons (Fsp3) is 0.286. The third-order valence-corrected chi connectivity index (χ3v) is 3.87. The highest BCUT2D eigenvalue weighted by Gasteiger charge is 2.26. The topological polar surface area (TPSA) is 72.9 Å². The molecule has 27 heavy (non-hydrogen) atoms. The van der Waals surface area contributed by atoms with E-state index in [4.69, 9.17) is 9.47 Å². The van der Waals surface area contributed by atoms with Gasteiger partial charge in [0, 0.05) is 31.6 Å². The highest BCUT2D eigenvalue weighted by atomic mass is 16.6. The van der Waals surface area contributed by atoms with Gasteiger partial charge < -0.3 is 14.4 Å². The predicted molar refractivity (Wildman–Crippen MR) is 101 cm³/mol. The second-order valence-electron chi connectivity index (χ2n) is 6.10. The first kappa shape index (κ1) is 20.2. The van der Waals surface area contributed by atoms with E-state index in [0.717, 1.165) is 0 Å². The van der Waals surface area contributed by atoms with Crippen molar-refractivity contribution in [2.75, 3.05) is 20.7 Å². The molecule has 6 nitrogen and oxygen atoms in total. The van der Waals surface area contributed by atoms with Crippen molar-refractivity contribution in [1.29, 1.82) is 0 Å². The van der Waals surface area contributed by atoms with Gasteiger partial charge in [0.25, 0.3) is 5.91 Å². The minimum absolute atomic E-state index is 0.0360. The lowest BCUT2D eigenvalue weighted by Gasteiger charge is -2.21. The molecular weight excluding hydrogens is 346 g/mol. The van der Waals surface area contributed by atoms with Gasteiger partial charge in [-0.15, -0.1) is 0 Å². The summed E-state index contributed by atoms with van der Waals surface area (Å²) in [5.41, 5.74) is 1.18. The molecular formula is C21H23NO5. The third kappa shape index (κ3) is 5.67. The van der Waals surface area contributed by atoms with Crippen LogP contribution in [0.5, 0.6) is 5.75 Å². The van der Waals surface area contributed by atoms with Crippen LogP contribution in [-0.2, 0) is 14.3 Å². The number of ether oxygens (including phenoxy) is 2. The normalized spacial score (nSPS) is 11.4. The molecule has 0 spiro atoms. The average molecular weight is 369 g/mol. The molecule has 0 aromatic heterocycles. The molecule has 142 valence electrons. The molecule has 0 aliphatic carbocycles. The number of amides is 1. The summed E-state index contributed by atoms with van der Waals surface area (Å²) in [7, 11) is 3.20. The number of rotatable bonds is 8. The van der Waals surface area contributed by atoms with Gasteiger partial charge in [0.05, 0.1) is 0 Å². The molecule has 0 bridgehead atoms. The van der Waals surface area contributed by atoms with Crippen molar-refractivity contribution in [2.45, 2.75) is 19.4 Å². The molecule has 6 heteroatoms. The number of Topliss-reactive ketones (excluding diaryl/α,β-unsaturated/α-hetero) is 1. The monoisotopic (exact) mass is 369 g/mol. The second-order valence-corrected chi connectivity index (χ2v) is 6.10. The van der Waals surface area contributed by atoms with Gasteiger partial charge in [0.1, 0.15) is 5.75 Å². The lowest BCUT2D eigenvalue weighted by atomic mass is 10.1. The Morgan fingerprint density at radius 1 is 0.963 bits per heavy atom. The first-order valence-corrected chi connectivity index (χ1v) is 8.64. The van der Waals surface area contributed by atoms with E-state index in [2.05, 4.69) is 0 Å². The number of carbonyl (C=O) groups is 3. The van der Waals surface area contributed by atoms with E-state index in [1.807, 2.05) is 6.07 Å². The van der Waals surface area contributed by atoms with Crippen molar-refractivity contribution in [3.8, 4) is 5.75 Å². The zero-order chi connectivity index (χ0) is 19.8. The standard InChI is InChI=1S/C21H23NO5/c1-4-18(23)15-10-12-17(13-11-15)26-14-19(24)27-20(21(25)22(2)3)16-8-6-5-7-9-16/h5-13,20H,4,14H2,1-3H3/t20-/m1/s1. The highest BCUT2D eigenvalue weighted by molar-refractivity contribution is 5.95. The van der Waals surface area contributed by atoms with Crippen molar-refractivity contribution in [3.05, 3.63) is 65.7 Å². The highest BCUT2D eigenvalue weighted by Crippen LogP contribution is 2.20. The molecule has 0 unspecified atom stereocenters. The molecule has 2 rings (SSSR count). The van der Waals surface area contributed by atoms with Gasteiger partial charge in [0.15, 0.2) is 12.4 Å². The summed E-state index contributed by atoms with van der Waals surface area (Å²) in [4.78, 5) is 37.5. The van der Waals surface area contributed by atoms with E-state index >= 15 is 0 Å². The maximum Gasteiger partial charge on any atom is 0.345 e. The van der Waals surface area contributed by atoms with E-state index < -0.39 is 12.1 Å². The Balaban J connectivity index is 1.99. The third-order valence-electron chi connectivity index (χ3n) is 3.87. The molecule has 0 heterocycles. The smallest absolute Gasteiger partial charge is 0.345 e. The second kappa shape index (κ2) is 9.52. The van der Waals surface area contributed by atoms with Crippen LogP contribution in [0.4, 0.5) is 0 Å². The summed E-state index contributed by atoms with van der Waals surface area (Å²) in [5.74, 6) is -0.520. The zero-order valence-corrected chi connectivity index (χ0v) is 15.7. The van der Waals surface area contributed by atoms with Crippen LogP contribution in [0.2, 0.25) is 0 Å². The Bertz CT molecular complexity index is 784. The Morgan fingerprint density at radius 2 is 1.59 bits per heavy atom. The van der Waals surface area contributed by atoms with Crippen LogP contribution in [0.25, 0.3) is 0 Å². The Kier molecular flexibility index (Phi) is 7.11. The maximum absolute atomic E-state index is 12.4. The van der Waals surface area contributed by atoms with Crippen LogP contribution in [0.1, 0.15) is 35.4 Å². The van der Waals surface area contributed by atoms with Crippen molar-refractivity contribution in [3.63, 3.8) is 0 Å².